The number of rotatable bonds is 9. The third kappa shape index (κ3) is 6.52. The van der Waals surface area contributed by atoms with Crippen molar-refractivity contribution in [2.24, 2.45) is 5.10 Å². The molecule has 2 N–H and O–H groups in total. The predicted octanol–water partition coefficient (Wildman–Crippen LogP) is 4.26. The van der Waals surface area contributed by atoms with Gasteiger partial charge in [-0.2, -0.15) is 5.10 Å². The highest BCUT2D eigenvalue weighted by atomic mass is 35.5. The number of ether oxygens (including phenoxy) is 1. The molecule has 2 amide bonds. The van der Waals surface area contributed by atoms with Crippen molar-refractivity contribution in [3.8, 4) is 5.75 Å². The SMILES string of the molecule is CCCCOc1ccc(C(=O)NCC(=O)N/N=C/c2cc3ccc(C)cc3nc2Cl)cc1. The van der Waals surface area contributed by atoms with E-state index in [1.54, 1.807) is 24.3 Å². The average molecular weight is 453 g/mol. The second kappa shape index (κ2) is 11.2. The van der Waals surface area contributed by atoms with Crippen molar-refractivity contribution in [3.05, 3.63) is 70.4 Å². The van der Waals surface area contributed by atoms with Crippen LogP contribution in [-0.4, -0.2) is 36.2 Å². The summed E-state index contributed by atoms with van der Waals surface area (Å²) in [6, 6.07) is 14.5. The number of halogens is 1. The first kappa shape index (κ1) is 23.2. The minimum absolute atomic E-state index is 0.214. The summed E-state index contributed by atoms with van der Waals surface area (Å²) >= 11 is 6.21. The molecule has 1 aromatic heterocycles. The van der Waals surface area contributed by atoms with Crippen molar-refractivity contribution in [1.29, 1.82) is 0 Å². The second-order valence-corrected chi connectivity index (χ2v) is 7.62. The highest BCUT2D eigenvalue weighted by Gasteiger charge is 2.08. The average Bonchev–Trinajstić information content (AvgIpc) is 2.78. The summed E-state index contributed by atoms with van der Waals surface area (Å²) in [5.74, 6) is -0.116. The Hall–Kier alpha value is -3.45. The highest BCUT2D eigenvalue weighted by molar-refractivity contribution is 6.32. The van der Waals surface area contributed by atoms with Crippen LogP contribution in [0.2, 0.25) is 5.15 Å². The van der Waals surface area contributed by atoms with Gasteiger partial charge in [0.05, 0.1) is 24.9 Å². The van der Waals surface area contributed by atoms with Crippen molar-refractivity contribution < 1.29 is 14.3 Å². The molecule has 0 atom stereocenters. The van der Waals surface area contributed by atoms with E-state index >= 15 is 0 Å². The molecule has 0 aliphatic carbocycles. The van der Waals surface area contributed by atoms with Gasteiger partial charge in [-0.15, -0.1) is 0 Å². The van der Waals surface area contributed by atoms with Crippen molar-refractivity contribution in [1.82, 2.24) is 15.7 Å². The summed E-state index contributed by atoms with van der Waals surface area (Å²) < 4.78 is 5.57. The van der Waals surface area contributed by atoms with Crippen LogP contribution in [-0.2, 0) is 4.79 Å². The van der Waals surface area contributed by atoms with E-state index in [0.717, 1.165) is 29.3 Å². The summed E-state index contributed by atoms with van der Waals surface area (Å²) in [6.07, 6.45) is 3.45. The number of nitrogens with zero attached hydrogens (tertiary/aromatic N) is 2. The lowest BCUT2D eigenvalue weighted by Crippen LogP contribution is -2.34. The zero-order valence-corrected chi connectivity index (χ0v) is 18.8. The number of carbonyl (C=O) groups excluding carboxylic acids is 2. The minimum Gasteiger partial charge on any atom is -0.494 e. The summed E-state index contributed by atoms with van der Waals surface area (Å²) in [4.78, 5) is 28.6. The number of aromatic nitrogens is 1. The van der Waals surface area contributed by atoms with Crippen molar-refractivity contribution in [2.75, 3.05) is 13.2 Å². The first-order valence-corrected chi connectivity index (χ1v) is 10.7. The third-order valence-electron chi connectivity index (χ3n) is 4.64. The van der Waals surface area contributed by atoms with E-state index in [-0.39, 0.29) is 17.6 Å². The number of hydrazone groups is 1. The van der Waals surface area contributed by atoms with E-state index < -0.39 is 5.91 Å². The number of carbonyl (C=O) groups is 2. The number of benzene rings is 2. The lowest BCUT2D eigenvalue weighted by Gasteiger charge is -2.07. The first-order chi connectivity index (χ1) is 15.5. The van der Waals surface area contributed by atoms with E-state index in [4.69, 9.17) is 16.3 Å². The third-order valence-corrected chi connectivity index (χ3v) is 4.94. The number of aryl methyl sites for hydroxylation is 1. The Labute approximate surface area is 191 Å². The van der Waals surface area contributed by atoms with Gasteiger partial charge in [0.15, 0.2) is 0 Å². The lowest BCUT2D eigenvalue weighted by molar-refractivity contribution is -0.120. The van der Waals surface area contributed by atoms with Crippen LogP contribution in [0.15, 0.2) is 53.6 Å². The zero-order chi connectivity index (χ0) is 22.9. The highest BCUT2D eigenvalue weighted by Crippen LogP contribution is 2.20. The molecule has 2 aromatic carbocycles. The monoisotopic (exact) mass is 452 g/mol. The smallest absolute Gasteiger partial charge is 0.259 e. The standard InChI is InChI=1S/C24H25ClN4O3/c1-3-4-11-32-20-9-7-17(8-10-20)24(31)26-15-22(30)29-27-14-19-13-18-6-5-16(2)12-21(18)28-23(19)25/h5-10,12-14H,3-4,11,15H2,1-2H3,(H,26,31)(H,29,30)/b27-14+. The molecule has 0 radical (unpaired) electrons. The fourth-order valence-corrected chi connectivity index (χ4v) is 3.07. The molecule has 0 aliphatic heterocycles. The Kier molecular flexibility index (Phi) is 8.16. The number of amides is 2. The number of hydrogen-bond acceptors (Lipinski definition) is 5. The Morgan fingerprint density at radius 3 is 2.69 bits per heavy atom. The normalized spacial score (nSPS) is 11.0. The Morgan fingerprint density at radius 2 is 1.94 bits per heavy atom. The van der Waals surface area contributed by atoms with E-state index in [1.165, 1.54) is 6.21 Å². The maximum absolute atomic E-state index is 12.2. The molecule has 0 fully saturated rings. The molecule has 0 spiro atoms. The van der Waals surface area contributed by atoms with Crippen LogP contribution in [0.5, 0.6) is 5.75 Å². The number of hydrogen-bond donors (Lipinski definition) is 2. The van der Waals surface area contributed by atoms with Crippen molar-refractivity contribution in [2.45, 2.75) is 26.7 Å². The fourth-order valence-electron chi connectivity index (χ4n) is 2.87. The van der Waals surface area contributed by atoms with Crippen molar-refractivity contribution >= 4 is 40.5 Å². The molecule has 7 nitrogen and oxygen atoms in total. The van der Waals surface area contributed by atoms with Gasteiger partial charge < -0.3 is 10.1 Å². The molecule has 0 saturated carbocycles. The number of unbranched alkanes of at least 4 members (excludes halogenated alkanes) is 1. The second-order valence-electron chi connectivity index (χ2n) is 7.27. The van der Waals surface area contributed by atoms with Crippen LogP contribution in [0.3, 0.4) is 0 Å². The van der Waals surface area contributed by atoms with E-state index in [9.17, 15) is 9.59 Å². The van der Waals surface area contributed by atoms with E-state index in [1.807, 2.05) is 31.2 Å². The van der Waals surface area contributed by atoms with Crippen LogP contribution in [0.1, 0.15) is 41.3 Å². The fraction of sp³-hybridized carbons (Fsp3) is 0.250. The molecule has 8 heteroatoms. The maximum Gasteiger partial charge on any atom is 0.259 e. The molecule has 0 bridgehead atoms. The van der Waals surface area contributed by atoms with Gasteiger partial charge in [-0.1, -0.05) is 37.1 Å². The molecule has 1 heterocycles. The largest absolute Gasteiger partial charge is 0.494 e. The number of fused-ring (bicyclic) bond motifs is 1. The summed E-state index contributed by atoms with van der Waals surface area (Å²) in [6.45, 7) is 4.50. The Bertz CT molecular complexity index is 1130. The van der Waals surface area contributed by atoms with Gasteiger partial charge in [0.1, 0.15) is 10.9 Å². The first-order valence-electron chi connectivity index (χ1n) is 10.4. The predicted molar refractivity (Wildman–Crippen MR) is 126 cm³/mol. The number of pyridine rings is 1. The van der Waals surface area contributed by atoms with E-state index in [2.05, 4.69) is 27.8 Å². The molecule has 3 rings (SSSR count). The van der Waals surface area contributed by atoms with Gasteiger partial charge in [-0.3, -0.25) is 9.59 Å². The molecule has 0 aliphatic rings. The molecular formula is C24H25ClN4O3. The van der Waals surface area contributed by atoms with Gasteiger partial charge in [-0.05, 0) is 55.3 Å². The van der Waals surface area contributed by atoms with Gasteiger partial charge in [-0.25, -0.2) is 10.4 Å². The van der Waals surface area contributed by atoms with Crippen LogP contribution >= 0.6 is 11.6 Å². The maximum atomic E-state index is 12.2. The summed E-state index contributed by atoms with van der Waals surface area (Å²) in [5.41, 5.74) is 5.27. The number of nitrogens with one attached hydrogen (secondary N) is 2. The van der Waals surface area contributed by atoms with E-state index in [0.29, 0.717) is 23.5 Å². The molecule has 3 aromatic rings. The Morgan fingerprint density at radius 1 is 1.16 bits per heavy atom. The lowest BCUT2D eigenvalue weighted by atomic mass is 10.1. The summed E-state index contributed by atoms with van der Waals surface area (Å²) in [7, 11) is 0. The van der Waals surface area contributed by atoms with Crippen LogP contribution in [0.25, 0.3) is 10.9 Å². The quantitative estimate of drug-likeness (QED) is 0.219. The van der Waals surface area contributed by atoms with Crippen LogP contribution in [0, 0.1) is 6.92 Å². The molecule has 166 valence electrons. The zero-order valence-electron chi connectivity index (χ0n) is 18.0. The molecular weight excluding hydrogens is 428 g/mol. The Balaban J connectivity index is 1.49. The summed E-state index contributed by atoms with van der Waals surface area (Å²) in [5, 5.41) is 7.67. The molecule has 32 heavy (non-hydrogen) atoms. The van der Waals surface area contributed by atoms with Gasteiger partial charge in [0, 0.05) is 16.5 Å². The molecule has 0 saturated heterocycles. The van der Waals surface area contributed by atoms with Gasteiger partial charge >= 0.3 is 0 Å². The van der Waals surface area contributed by atoms with Crippen LogP contribution in [0.4, 0.5) is 0 Å². The minimum atomic E-state index is -0.463. The molecule has 0 unspecified atom stereocenters. The topological polar surface area (TPSA) is 92.7 Å². The van der Waals surface area contributed by atoms with Gasteiger partial charge in [0.25, 0.3) is 11.8 Å². The van der Waals surface area contributed by atoms with Gasteiger partial charge in [0.2, 0.25) is 0 Å². The van der Waals surface area contributed by atoms with Crippen LogP contribution < -0.4 is 15.5 Å². The van der Waals surface area contributed by atoms with Crippen molar-refractivity contribution in [3.63, 3.8) is 0 Å².